The molecule has 0 radical (unpaired) electrons. The van der Waals surface area contributed by atoms with E-state index in [4.69, 9.17) is 17.3 Å². The summed E-state index contributed by atoms with van der Waals surface area (Å²) in [5.41, 5.74) is 6.44. The number of piperidine rings is 1. The van der Waals surface area contributed by atoms with Crippen molar-refractivity contribution in [1.82, 2.24) is 9.88 Å². The topological polar surface area (TPSA) is 59.2 Å². The van der Waals surface area contributed by atoms with Gasteiger partial charge in [-0.15, -0.1) is 0 Å². The largest absolute Gasteiger partial charge is 0.384 e. The standard InChI is InChI=1S/C15H20ClN3O/c16-11-3-4-12(17)18-13(11)14(20)19-9-7-15(8-10-19)5-1-2-6-15/h3-4H,1-2,5-10H2,(H2,17,18). The number of nitrogen functional groups attached to an aromatic ring is 1. The quantitative estimate of drug-likeness (QED) is 0.865. The first-order valence-corrected chi connectivity index (χ1v) is 7.69. The Bertz CT molecular complexity index is 516. The summed E-state index contributed by atoms with van der Waals surface area (Å²) < 4.78 is 0. The van der Waals surface area contributed by atoms with Crippen LogP contribution >= 0.6 is 11.6 Å². The number of anilines is 1. The Kier molecular flexibility index (Phi) is 3.59. The molecule has 1 aromatic heterocycles. The van der Waals surface area contributed by atoms with E-state index in [1.54, 1.807) is 12.1 Å². The van der Waals surface area contributed by atoms with Crippen LogP contribution in [0.15, 0.2) is 12.1 Å². The molecule has 1 amide bonds. The number of halogens is 1. The highest BCUT2D eigenvalue weighted by atomic mass is 35.5. The van der Waals surface area contributed by atoms with Gasteiger partial charge >= 0.3 is 0 Å². The molecule has 108 valence electrons. The highest BCUT2D eigenvalue weighted by molar-refractivity contribution is 6.33. The molecule has 0 aromatic carbocycles. The van der Waals surface area contributed by atoms with Crippen molar-refractivity contribution in [3.63, 3.8) is 0 Å². The maximum Gasteiger partial charge on any atom is 0.274 e. The molecule has 1 saturated heterocycles. The van der Waals surface area contributed by atoms with E-state index >= 15 is 0 Å². The lowest BCUT2D eigenvalue weighted by molar-refractivity contribution is 0.0582. The van der Waals surface area contributed by atoms with Gasteiger partial charge in [0.2, 0.25) is 0 Å². The molecule has 1 aromatic rings. The zero-order valence-corrected chi connectivity index (χ0v) is 12.3. The zero-order chi connectivity index (χ0) is 14.2. The van der Waals surface area contributed by atoms with Crippen molar-refractivity contribution in [3.8, 4) is 0 Å². The van der Waals surface area contributed by atoms with Gasteiger partial charge in [-0.05, 0) is 43.2 Å². The third kappa shape index (κ3) is 2.49. The lowest BCUT2D eigenvalue weighted by Crippen LogP contribution is -2.42. The lowest BCUT2D eigenvalue weighted by atomic mass is 9.77. The molecule has 2 fully saturated rings. The Hall–Kier alpha value is -1.29. The number of hydrogen-bond acceptors (Lipinski definition) is 3. The molecular weight excluding hydrogens is 274 g/mol. The van der Waals surface area contributed by atoms with Gasteiger partial charge in [-0.2, -0.15) is 0 Å². The van der Waals surface area contributed by atoms with Crippen molar-refractivity contribution in [2.24, 2.45) is 5.41 Å². The van der Waals surface area contributed by atoms with Crippen LogP contribution in [0.5, 0.6) is 0 Å². The molecule has 4 nitrogen and oxygen atoms in total. The van der Waals surface area contributed by atoms with Crippen LogP contribution in [0.3, 0.4) is 0 Å². The average molecular weight is 294 g/mol. The molecule has 0 unspecified atom stereocenters. The Labute approximate surface area is 124 Å². The van der Waals surface area contributed by atoms with Gasteiger partial charge < -0.3 is 10.6 Å². The van der Waals surface area contributed by atoms with Gasteiger partial charge in [0.05, 0.1) is 5.02 Å². The summed E-state index contributed by atoms with van der Waals surface area (Å²) in [5, 5.41) is 0.380. The number of rotatable bonds is 1. The van der Waals surface area contributed by atoms with Gasteiger partial charge in [0.1, 0.15) is 11.5 Å². The predicted molar refractivity (Wildman–Crippen MR) is 79.7 cm³/mol. The first-order valence-electron chi connectivity index (χ1n) is 7.31. The summed E-state index contributed by atoms with van der Waals surface area (Å²) in [5.74, 6) is 0.247. The van der Waals surface area contributed by atoms with Crippen molar-refractivity contribution in [2.75, 3.05) is 18.8 Å². The Morgan fingerprint density at radius 2 is 1.85 bits per heavy atom. The summed E-state index contributed by atoms with van der Waals surface area (Å²) in [6.45, 7) is 1.62. The second kappa shape index (κ2) is 5.24. The molecule has 1 aliphatic heterocycles. The smallest absolute Gasteiger partial charge is 0.274 e. The van der Waals surface area contributed by atoms with E-state index in [-0.39, 0.29) is 11.6 Å². The van der Waals surface area contributed by atoms with E-state index in [0.717, 1.165) is 25.9 Å². The van der Waals surface area contributed by atoms with Gasteiger partial charge in [0.25, 0.3) is 5.91 Å². The Morgan fingerprint density at radius 1 is 1.20 bits per heavy atom. The number of nitrogens with zero attached hydrogens (tertiary/aromatic N) is 2. The Morgan fingerprint density at radius 3 is 2.50 bits per heavy atom. The fraction of sp³-hybridized carbons (Fsp3) is 0.600. The zero-order valence-electron chi connectivity index (χ0n) is 11.6. The minimum Gasteiger partial charge on any atom is -0.384 e. The molecule has 2 aliphatic rings. The molecule has 3 rings (SSSR count). The highest BCUT2D eigenvalue weighted by Gasteiger charge is 2.38. The third-order valence-corrected chi connectivity index (χ3v) is 5.15. The SMILES string of the molecule is Nc1ccc(Cl)c(C(=O)N2CCC3(CCCC3)CC2)n1. The van der Waals surface area contributed by atoms with Crippen LogP contribution in [0.25, 0.3) is 0 Å². The summed E-state index contributed by atoms with van der Waals surface area (Å²) in [6, 6.07) is 3.25. The van der Waals surface area contributed by atoms with Gasteiger partial charge in [0.15, 0.2) is 0 Å². The maximum absolute atomic E-state index is 12.5. The second-order valence-corrected chi connectivity index (χ2v) is 6.47. The molecule has 1 spiro atoms. The number of amides is 1. The minimum absolute atomic E-state index is 0.0878. The van der Waals surface area contributed by atoms with Gasteiger partial charge in [-0.25, -0.2) is 4.98 Å². The number of carbonyl (C=O) groups excluding carboxylic acids is 1. The number of nitrogens with two attached hydrogens (primary N) is 1. The molecule has 0 bridgehead atoms. The molecule has 1 saturated carbocycles. The van der Waals surface area contributed by atoms with E-state index in [1.807, 2.05) is 4.90 Å². The van der Waals surface area contributed by atoms with Crippen LogP contribution in [-0.2, 0) is 0 Å². The monoisotopic (exact) mass is 293 g/mol. The highest BCUT2D eigenvalue weighted by Crippen LogP contribution is 2.46. The van der Waals surface area contributed by atoms with Crippen molar-refractivity contribution < 1.29 is 4.79 Å². The van der Waals surface area contributed by atoms with E-state index in [0.29, 0.717) is 16.3 Å². The predicted octanol–water partition coefficient (Wildman–Crippen LogP) is 3.11. The number of hydrogen-bond donors (Lipinski definition) is 1. The molecule has 20 heavy (non-hydrogen) atoms. The fourth-order valence-corrected chi connectivity index (χ4v) is 3.75. The lowest BCUT2D eigenvalue weighted by Gasteiger charge is -2.39. The van der Waals surface area contributed by atoms with Crippen LogP contribution in [0.1, 0.15) is 49.0 Å². The van der Waals surface area contributed by atoms with Crippen LogP contribution in [0.4, 0.5) is 5.82 Å². The summed E-state index contributed by atoms with van der Waals surface area (Å²) in [7, 11) is 0. The molecule has 0 atom stereocenters. The average Bonchev–Trinajstić information content (AvgIpc) is 2.90. The second-order valence-electron chi connectivity index (χ2n) is 6.07. The molecular formula is C15H20ClN3O. The summed E-state index contributed by atoms with van der Waals surface area (Å²) in [6.07, 6.45) is 7.56. The van der Waals surface area contributed by atoms with E-state index < -0.39 is 0 Å². The number of pyridine rings is 1. The maximum atomic E-state index is 12.5. The summed E-state index contributed by atoms with van der Waals surface area (Å²) in [4.78, 5) is 18.5. The summed E-state index contributed by atoms with van der Waals surface area (Å²) >= 11 is 6.07. The van der Waals surface area contributed by atoms with Crippen molar-refractivity contribution in [2.45, 2.75) is 38.5 Å². The van der Waals surface area contributed by atoms with Gasteiger partial charge in [0, 0.05) is 13.1 Å². The van der Waals surface area contributed by atoms with Gasteiger partial charge in [-0.1, -0.05) is 24.4 Å². The number of likely N-dealkylation sites (tertiary alicyclic amines) is 1. The van der Waals surface area contributed by atoms with Crippen LogP contribution in [0.2, 0.25) is 5.02 Å². The van der Waals surface area contributed by atoms with E-state index in [9.17, 15) is 4.79 Å². The first kappa shape index (κ1) is 13.7. The minimum atomic E-state index is -0.0878. The number of carbonyl (C=O) groups is 1. The first-order chi connectivity index (χ1) is 9.60. The van der Waals surface area contributed by atoms with Crippen LogP contribution in [0, 0.1) is 5.41 Å². The molecule has 1 aliphatic carbocycles. The molecule has 2 N–H and O–H groups in total. The molecule has 2 heterocycles. The van der Waals surface area contributed by atoms with Crippen LogP contribution < -0.4 is 5.73 Å². The van der Waals surface area contributed by atoms with Crippen molar-refractivity contribution in [3.05, 3.63) is 22.8 Å². The Balaban J connectivity index is 1.71. The fourth-order valence-electron chi connectivity index (χ4n) is 3.57. The van der Waals surface area contributed by atoms with E-state index in [2.05, 4.69) is 4.98 Å². The van der Waals surface area contributed by atoms with Crippen molar-refractivity contribution >= 4 is 23.3 Å². The third-order valence-electron chi connectivity index (χ3n) is 4.85. The van der Waals surface area contributed by atoms with Gasteiger partial charge in [-0.3, -0.25) is 4.79 Å². The van der Waals surface area contributed by atoms with Crippen molar-refractivity contribution in [1.29, 1.82) is 0 Å². The van der Waals surface area contributed by atoms with E-state index in [1.165, 1.54) is 25.7 Å². The molecule has 5 heteroatoms. The number of aromatic nitrogens is 1. The normalized spacial score (nSPS) is 21.4. The van der Waals surface area contributed by atoms with Crippen LogP contribution in [-0.4, -0.2) is 28.9 Å².